The summed E-state index contributed by atoms with van der Waals surface area (Å²) in [6.07, 6.45) is 3.35. The minimum Gasteiger partial charge on any atom is -0.490 e. The largest absolute Gasteiger partial charge is 0.490 e. The lowest BCUT2D eigenvalue weighted by Crippen LogP contribution is -2.13. The fourth-order valence-electron chi connectivity index (χ4n) is 2.33. The van der Waals surface area contributed by atoms with Crippen molar-refractivity contribution in [3.8, 4) is 17.6 Å². The van der Waals surface area contributed by atoms with E-state index < -0.39 is 5.91 Å². The van der Waals surface area contributed by atoms with Gasteiger partial charge in [0.05, 0.1) is 0 Å². The molecule has 0 saturated heterocycles. The molecule has 1 heterocycles. The van der Waals surface area contributed by atoms with Crippen LogP contribution in [0.5, 0.6) is 11.5 Å². The summed E-state index contributed by atoms with van der Waals surface area (Å²) >= 11 is 5.82. The fourth-order valence-corrected chi connectivity index (χ4v) is 3.72. The van der Waals surface area contributed by atoms with Crippen molar-refractivity contribution < 1.29 is 14.3 Å². The molecule has 0 unspecified atom stereocenters. The Balaban J connectivity index is 1.51. The van der Waals surface area contributed by atoms with Gasteiger partial charge in [0.25, 0.3) is 5.91 Å². The molecule has 0 aliphatic heterocycles. The highest BCUT2D eigenvalue weighted by Gasteiger charge is 2.12. The fraction of sp³-hybridized carbons (Fsp3) is 0.143. The van der Waals surface area contributed by atoms with E-state index in [4.69, 9.17) is 9.47 Å². The van der Waals surface area contributed by atoms with E-state index in [2.05, 4.69) is 30.6 Å². The van der Waals surface area contributed by atoms with E-state index in [1.54, 1.807) is 24.3 Å². The monoisotopic (exact) mass is 516 g/mol. The number of nitrogens with one attached hydrogen (secondary N) is 1. The molecule has 1 aromatic heterocycles. The lowest BCUT2D eigenvalue weighted by Gasteiger charge is -2.08. The summed E-state index contributed by atoms with van der Waals surface area (Å²) in [4.78, 5) is 16.4. The van der Waals surface area contributed by atoms with Gasteiger partial charge in [-0.1, -0.05) is 39.8 Å². The summed E-state index contributed by atoms with van der Waals surface area (Å²) in [6, 6.07) is 16.6. The molecule has 3 rings (SSSR count). The number of anilines is 1. The molecule has 0 saturated carbocycles. The van der Waals surface area contributed by atoms with Crippen molar-refractivity contribution in [1.82, 2.24) is 9.36 Å². The molecule has 3 aromatic rings. The van der Waals surface area contributed by atoms with Crippen LogP contribution >= 0.6 is 39.2 Å². The van der Waals surface area contributed by atoms with Gasteiger partial charge in [-0.25, -0.2) is 0 Å². The quantitative estimate of drug-likeness (QED) is 0.184. The van der Waals surface area contributed by atoms with E-state index in [0.29, 0.717) is 34.8 Å². The minimum absolute atomic E-state index is 0.0301. The Kier molecular flexibility index (Phi) is 8.46. The maximum atomic E-state index is 12.3. The van der Waals surface area contributed by atoms with Crippen molar-refractivity contribution in [3.05, 3.63) is 64.1 Å². The van der Waals surface area contributed by atoms with Crippen LogP contribution in [0.25, 0.3) is 6.08 Å². The van der Waals surface area contributed by atoms with Crippen LogP contribution in [-0.4, -0.2) is 34.7 Å². The number of nitriles is 1. The summed E-state index contributed by atoms with van der Waals surface area (Å²) in [5.41, 5.74) is 0.671. The normalized spacial score (nSPS) is 10.9. The second kappa shape index (κ2) is 11.5. The number of rotatable bonds is 9. The molecule has 0 radical (unpaired) electrons. The van der Waals surface area contributed by atoms with Crippen LogP contribution < -0.4 is 14.8 Å². The molecule has 0 bridgehead atoms. The maximum Gasteiger partial charge on any atom is 0.268 e. The first-order valence-corrected chi connectivity index (χ1v) is 11.8. The Bertz CT molecular complexity index is 1090. The molecule has 1 amide bonds. The number of carbonyl (C=O) groups is 1. The van der Waals surface area contributed by atoms with Crippen LogP contribution in [0, 0.1) is 11.3 Å². The molecular formula is C21H17BrN4O3S2. The summed E-state index contributed by atoms with van der Waals surface area (Å²) in [5, 5.41) is 12.8. The zero-order valence-corrected chi connectivity index (χ0v) is 19.6. The van der Waals surface area contributed by atoms with Crippen molar-refractivity contribution in [1.29, 1.82) is 5.26 Å². The first-order valence-electron chi connectivity index (χ1n) is 8.99. The van der Waals surface area contributed by atoms with E-state index in [1.807, 2.05) is 36.6 Å². The SMILES string of the molecule is CSc1nsc(NC(=O)/C(C#N)=C\c2ccc(OCCOc3ccc(Br)cc3)cc2)n1. The number of thioether (sulfide) groups is 1. The molecule has 0 aliphatic carbocycles. The summed E-state index contributed by atoms with van der Waals surface area (Å²) in [6.45, 7) is 0.795. The molecule has 10 heteroatoms. The van der Waals surface area contributed by atoms with Gasteiger partial charge in [-0.2, -0.15) is 14.6 Å². The van der Waals surface area contributed by atoms with Crippen molar-refractivity contribution in [3.63, 3.8) is 0 Å². The second-order valence-electron chi connectivity index (χ2n) is 5.93. The van der Waals surface area contributed by atoms with E-state index in [1.165, 1.54) is 17.8 Å². The Morgan fingerprint density at radius 3 is 2.32 bits per heavy atom. The van der Waals surface area contributed by atoms with Crippen LogP contribution in [0.15, 0.2) is 63.7 Å². The number of ether oxygens (including phenoxy) is 2. The lowest BCUT2D eigenvalue weighted by molar-refractivity contribution is -0.112. The molecule has 0 spiro atoms. The number of benzene rings is 2. The highest BCUT2D eigenvalue weighted by molar-refractivity contribution is 9.10. The molecule has 7 nitrogen and oxygen atoms in total. The zero-order valence-electron chi connectivity index (χ0n) is 16.4. The minimum atomic E-state index is -0.531. The van der Waals surface area contributed by atoms with Gasteiger partial charge in [0, 0.05) is 16.0 Å². The van der Waals surface area contributed by atoms with Gasteiger partial charge in [0.15, 0.2) is 0 Å². The van der Waals surface area contributed by atoms with Crippen molar-refractivity contribution in [2.45, 2.75) is 5.16 Å². The standard InChI is InChI=1S/C21H17BrN4O3S2/c1-30-21-25-20(31-26-21)24-19(27)15(13-23)12-14-2-6-17(7-3-14)28-10-11-29-18-8-4-16(22)5-9-18/h2-9,12H,10-11H2,1H3,(H,24,25,26,27)/b15-12-. The predicted octanol–water partition coefficient (Wildman–Crippen LogP) is 5.03. The molecule has 2 aromatic carbocycles. The Labute approximate surface area is 196 Å². The number of halogens is 1. The van der Waals surface area contributed by atoms with Crippen LogP contribution in [0.1, 0.15) is 5.56 Å². The molecule has 0 fully saturated rings. The van der Waals surface area contributed by atoms with Crippen LogP contribution in [-0.2, 0) is 4.79 Å². The summed E-state index contributed by atoms with van der Waals surface area (Å²) in [7, 11) is 0. The van der Waals surface area contributed by atoms with Crippen LogP contribution in [0.4, 0.5) is 5.13 Å². The highest BCUT2D eigenvalue weighted by Crippen LogP contribution is 2.20. The number of hydrogen-bond donors (Lipinski definition) is 1. The number of carbonyl (C=O) groups excluding carboxylic acids is 1. The van der Waals surface area contributed by atoms with Gasteiger partial charge < -0.3 is 9.47 Å². The van der Waals surface area contributed by atoms with Gasteiger partial charge in [0.2, 0.25) is 10.3 Å². The van der Waals surface area contributed by atoms with Crippen molar-refractivity contribution in [2.75, 3.05) is 24.8 Å². The Morgan fingerprint density at radius 2 is 1.77 bits per heavy atom. The average Bonchev–Trinajstić information content (AvgIpc) is 3.24. The predicted molar refractivity (Wildman–Crippen MR) is 125 cm³/mol. The molecule has 0 aliphatic rings. The average molecular weight is 517 g/mol. The zero-order chi connectivity index (χ0) is 22.1. The first-order chi connectivity index (χ1) is 15.1. The molecule has 31 heavy (non-hydrogen) atoms. The third-order valence-electron chi connectivity index (χ3n) is 3.80. The Morgan fingerprint density at radius 1 is 1.16 bits per heavy atom. The summed E-state index contributed by atoms with van der Waals surface area (Å²) in [5.74, 6) is 0.905. The topological polar surface area (TPSA) is 97.1 Å². The molecule has 0 atom stereocenters. The van der Waals surface area contributed by atoms with E-state index in [0.717, 1.165) is 21.8 Å². The van der Waals surface area contributed by atoms with Crippen LogP contribution in [0.3, 0.4) is 0 Å². The maximum absolute atomic E-state index is 12.3. The number of aromatic nitrogens is 2. The lowest BCUT2D eigenvalue weighted by atomic mass is 10.1. The molecule has 158 valence electrons. The van der Waals surface area contributed by atoms with Gasteiger partial charge in [-0.15, -0.1) is 0 Å². The van der Waals surface area contributed by atoms with Gasteiger partial charge in [0.1, 0.15) is 36.4 Å². The second-order valence-corrected chi connectivity index (χ2v) is 8.37. The number of amides is 1. The molecule has 1 N–H and O–H groups in total. The van der Waals surface area contributed by atoms with Gasteiger partial charge in [-0.3, -0.25) is 10.1 Å². The van der Waals surface area contributed by atoms with Crippen LogP contribution in [0.2, 0.25) is 0 Å². The van der Waals surface area contributed by atoms with Gasteiger partial charge in [-0.05, 0) is 54.3 Å². The third kappa shape index (κ3) is 7.10. The third-order valence-corrected chi connectivity index (χ3v) is 5.62. The molecular weight excluding hydrogens is 500 g/mol. The Hall–Kier alpha value is -2.87. The highest BCUT2D eigenvalue weighted by atomic mass is 79.9. The van der Waals surface area contributed by atoms with E-state index in [9.17, 15) is 10.1 Å². The van der Waals surface area contributed by atoms with E-state index >= 15 is 0 Å². The van der Waals surface area contributed by atoms with Crippen molar-refractivity contribution >= 4 is 56.3 Å². The number of nitrogens with zero attached hydrogens (tertiary/aromatic N) is 3. The smallest absolute Gasteiger partial charge is 0.268 e. The number of hydrogen-bond acceptors (Lipinski definition) is 8. The van der Waals surface area contributed by atoms with Crippen molar-refractivity contribution in [2.24, 2.45) is 0 Å². The summed E-state index contributed by atoms with van der Waals surface area (Å²) < 4.78 is 16.3. The van der Waals surface area contributed by atoms with E-state index in [-0.39, 0.29) is 5.57 Å². The van der Waals surface area contributed by atoms with Gasteiger partial charge >= 0.3 is 0 Å². The first kappa shape index (κ1) is 22.8.